The predicted octanol–water partition coefficient (Wildman–Crippen LogP) is 3.54. The summed E-state index contributed by atoms with van der Waals surface area (Å²) in [6.45, 7) is 2.88. The second-order valence-corrected chi connectivity index (χ2v) is 6.34. The molecule has 0 unspecified atom stereocenters. The molecule has 152 valence electrons. The Morgan fingerprint density at radius 3 is 2.59 bits per heavy atom. The third-order valence-electron chi connectivity index (χ3n) is 4.24. The number of fused-ring (bicyclic) bond motifs is 1. The Balaban J connectivity index is 1.73. The molecule has 1 amide bonds. The summed E-state index contributed by atoms with van der Waals surface area (Å²) in [7, 11) is 1.25. The summed E-state index contributed by atoms with van der Waals surface area (Å²) in [5.74, 6) is 0.817. The van der Waals surface area contributed by atoms with Crippen LogP contribution in [0.2, 0.25) is 0 Å². The van der Waals surface area contributed by atoms with Crippen LogP contribution in [-0.4, -0.2) is 32.4 Å². The van der Waals surface area contributed by atoms with Crippen LogP contribution in [0, 0.1) is 0 Å². The highest BCUT2D eigenvalue weighted by Crippen LogP contribution is 2.33. The number of carbonyl (C=O) groups is 2. The highest BCUT2D eigenvalue weighted by atomic mass is 16.7. The molecule has 1 aliphatic rings. The fraction of sp³-hybridized carbons (Fsp3) is 0.273. The van der Waals surface area contributed by atoms with Crippen molar-refractivity contribution < 1.29 is 28.5 Å². The van der Waals surface area contributed by atoms with Gasteiger partial charge in [-0.2, -0.15) is 0 Å². The van der Waals surface area contributed by atoms with E-state index in [1.54, 1.807) is 42.5 Å². The van der Waals surface area contributed by atoms with Crippen LogP contribution in [0.15, 0.2) is 48.2 Å². The smallest absolute Gasteiger partial charge is 0.354 e. The Morgan fingerprint density at radius 1 is 1.10 bits per heavy atom. The minimum absolute atomic E-state index is 0.0136. The summed E-state index contributed by atoms with van der Waals surface area (Å²) in [5.41, 5.74) is 1.07. The van der Waals surface area contributed by atoms with E-state index in [-0.39, 0.29) is 12.5 Å². The van der Waals surface area contributed by atoms with Gasteiger partial charge in [-0.3, -0.25) is 4.79 Å². The van der Waals surface area contributed by atoms with Gasteiger partial charge in [0.15, 0.2) is 11.5 Å². The van der Waals surface area contributed by atoms with Crippen LogP contribution in [0.25, 0.3) is 6.08 Å². The molecule has 0 aromatic heterocycles. The van der Waals surface area contributed by atoms with Crippen molar-refractivity contribution in [2.45, 2.75) is 19.8 Å². The van der Waals surface area contributed by atoms with Crippen molar-refractivity contribution >= 4 is 18.0 Å². The number of hydrogen-bond acceptors (Lipinski definition) is 6. The number of nitrogens with one attached hydrogen (secondary N) is 1. The monoisotopic (exact) mass is 397 g/mol. The number of hydrogen-bond donors (Lipinski definition) is 1. The number of rotatable bonds is 8. The molecule has 0 spiro atoms. The van der Waals surface area contributed by atoms with Crippen molar-refractivity contribution in [2.75, 3.05) is 20.5 Å². The Hall–Kier alpha value is -3.48. The van der Waals surface area contributed by atoms with E-state index in [1.807, 2.05) is 0 Å². The lowest BCUT2D eigenvalue weighted by atomic mass is 10.1. The summed E-state index contributed by atoms with van der Waals surface area (Å²) in [6, 6.07) is 12.0. The Labute approximate surface area is 169 Å². The summed E-state index contributed by atoms with van der Waals surface area (Å²) in [4.78, 5) is 24.7. The van der Waals surface area contributed by atoms with Crippen LogP contribution in [-0.2, 0) is 9.53 Å². The molecular weight excluding hydrogens is 374 g/mol. The van der Waals surface area contributed by atoms with E-state index in [0.717, 1.165) is 12.8 Å². The highest BCUT2D eigenvalue weighted by molar-refractivity contribution is 6.03. The molecule has 1 N–H and O–H groups in total. The first kappa shape index (κ1) is 20.3. The Kier molecular flexibility index (Phi) is 6.73. The molecular formula is C22H23NO6. The second kappa shape index (κ2) is 9.64. The number of ether oxygens (including phenoxy) is 4. The van der Waals surface area contributed by atoms with Crippen molar-refractivity contribution in [3.63, 3.8) is 0 Å². The summed E-state index contributed by atoms with van der Waals surface area (Å²) < 4.78 is 21.0. The number of methoxy groups -OCH3 is 1. The maximum atomic E-state index is 12.6. The molecule has 2 aromatic carbocycles. The first-order valence-electron chi connectivity index (χ1n) is 9.34. The average Bonchev–Trinajstić information content (AvgIpc) is 3.21. The van der Waals surface area contributed by atoms with Crippen molar-refractivity contribution in [2.24, 2.45) is 0 Å². The third-order valence-corrected chi connectivity index (χ3v) is 4.24. The van der Waals surface area contributed by atoms with Crippen LogP contribution in [0.3, 0.4) is 0 Å². The third kappa shape index (κ3) is 5.28. The maximum absolute atomic E-state index is 12.6. The van der Waals surface area contributed by atoms with Gasteiger partial charge in [0.25, 0.3) is 5.91 Å². The van der Waals surface area contributed by atoms with E-state index in [2.05, 4.69) is 12.2 Å². The lowest BCUT2D eigenvalue weighted by Crippen LogP contribution is -2.28. The lowest BCUT2D eigenvalue weighted by molar-refractivity contribution is -0.136. The summed E-state index contributed by atoms with van der Waals surface area (Å²) in [6.07, 6.45) is 3.54. The molecule has 0 aliphatic carbocycles. The second-order valence-electron chi connectivity index (χ2n) is 6.34. The van der Waals surface area contributed by atoms with Gasteiger partial charge in [0.05, 0.1) is 13.7 Å². The Morgan fingerprint density at radius 2 is 1.86 bits per heavy atom. The highest BCUT2D eigenvalue weighted by Gasteiger charge is 2.17. The van der Waals surface area contributed by atoms with E-state index >= 15 is 0 Å². The van der Waals surface area contributed by atoms with Crippen LogP contribution in [0.4, 0.5) is 0 Å². The molecule has 7 heteroatoms. The predicted molar refractivity (Wildman–Crippen MR) is 107 cm³/mol. The molecule has 0 fully saturated rings. The topological polar surface area (TPSA) is 83.1 Å². The zero-order chi connectivity index (χ0) is 20.6. The number of esters is 1. The van der Waals surface area contributed by atoms with E-state index in [4.69, 9.17) is 18.9 Å². The van der Waals surface area contributed by atoms with Crippen molar-refractivity contribution in [3.05, 3.63) is 59.3 Å². The lowest BCUT2D eigenvalue weighted by Gasteiger charge is -2.10. The summed E-state index contributed by atoms with van der Waals surface area (Å²) >= 11 is 0. The van der Waals surface area contributed by atoms with Crippen molar-refractivity contribution in [1.29, 1.82) is 0 Å². The molecule has 0 saturated carbocycles. The normalized spacial score (nSPS) is 12.4. The van der Waals surface area contributed by atoms with Gasteiger partial charge >= 0.3 is 5.97 Å². The van der Waals surface area contributed by atoms with Gasteiger partial charge < -0.3 is 24.3 Å². The standard InChI is InChI=1S/C22H23NO6/c1-3-4-11-27-17-8-6-16(7-9-17)21(24)23-18(22(25)26-2)12-15-5-10-19-20(13-15)29-14-28-19/h5-10,12-13H,3-4,11,14H2,1-2H3,(H,23,24). The first-order valence-corrected chi connectivity index (χ1v) is 9.34. The SMILES string of the molecule is CCCCOc1ccc(C(=O)NC(=Cc2ccc3c(c2)OCO3)C(=O)OC)cc1. The molecule has 0 radical (unpaired) electrons. The minimum atomic E-state index is -0.657. The maximum Gasteiger partial charge on any atom is 0.354 e. The van der Waals surface area contributed by atoms with Gasteiger partial charge in [0.1, 0.15) is 11.4 Å². The van der Waals surface area contributed by atoms with Crippen molar-refractivity contribution in [3.8, 4) is 17.2 Å². The average molecular weight is 397 g/mol. The molecule has 0 saturated heterocycles. The van der Waals surface area contributed by atoms with Gasteiger partial charge in [0, 0.05) is 5.56 Å². The molecule has 3 rings (SSSR count). The molecule has 1 aliphatic heterocycles. The Bertz CT molecular complexity index is 904. The number of amides is 1. The van der Waals surface area contributed by atoms with E-state index in [0.29, 0.717) is 35.0 Å². The van der Waals surface area contributed by atoms with Crippen LogP contribution < -0.4 is 19.5 Å². The number of unbranched alkanes of at least 4 members (excludes halogenated alkanes) is 1. The molecule has 7 nitrogen and oxygen atoms in total. The fourth-order valence-electron chi connectivity index (χ4n) is 2.66. The fourth-order valence-corrected chi connectivity index (χ4v) is 2.66. The van der Waals surface area contributed by atoms with Crippen LogP contribution in [0.1, 0.15) is 35.7 Å². The zero-order valence-electron chi connectivity index (χ0n) is 16.4. The van der Waals surface area contributed by atoms with E-state index in [9.17, 15) is 9.59 Å². The van der Waals surface area contributed by atoms with Crippen molar-refractivity contribution in [1.82, 2.24) is 5.32 Å². The minimum Gasteiger partial charge on any atom is -0.494 e. The largest absolute Gasteiger partial charge is 0.494 e. The van der Waals surface area contributed by atoms with Crippen LogP contribution in [0.5, 0.6) is 17.2 Å². The quantitative estimate of drug-likeness (QED) is 0.417. The molecule has 0 atom stereocenters. The molecule has 2 aromatic rings. The summed E-state index contributed by atoms with van der Waals surface area (Å²) in [5, 5.41) is 2.61. The van der Waals surface area contributed by atoms with E-state index in [1.165, 1.54) is 13.2 Å². The number of carbonyl (C=O) groups excluding carboxylic acids is 2. The first-order chi connectivity index (χ1) is 14.1. The van der Waals surface area contributed by atoms with E-state index < -0.39 is 11.9 Å². The van der Waals surface area contributed by atoms with Gasteiger partial charge in [-0.15, -0.1) is 0 Å². The van der Waals surface area contributed by atoms with Gasteiger partial charge in [-0.1, -0.05) is 19.4 Å². The number of benzene rings is 2. The molecule has 1 heterocycles. The van der Waals surface area contributed by atoms with Gasteiger partial charge in [0.2, 0.25) is 6.79 Å². The van der Waals surface area contributed by atoms with Gasteiger partial charge in [-0.05, 0) is 54.5 Å². The van der Waals surface area contributed by atoms with Gasteiger partial charge in [-0.25, -0.2) is 4.79 Å². The molecule has 0 bridgehead atoms. The van der Waals surface area contributed by atoms with Crippen LogP contribution >= 0.6 is 0 Å². The molecule has 29 heavy (non-hydrogen) atoms. The zero-order valence-corrected chi connectivity index (χ0v) is 16.4.